The summed E-state index contributed by atoms with van der Waals surface area (Å²) >= 11 is 5.90. The molecule has 0 aliphatic carbocycles. The van der Waals surface area contributed by atoms with Crippen LogP contribution in [0.1, 0.15) is 5.56 Å². The normalized spacial score (nSPS) is 10.7. The molecule has 0 bridgehead atoms. The van der Waals surface area contributed by atoms with Gasteiger partial charge in [-0.3, -0.25) is 10.1 Å². The van der Waals surface area contributed by atoms with Crippen LogP contribution >= 0.6 is 11.6 Å². The van der Waals surface area contributed by atoms with Gasteiger partial charge >= 0.3 is 0 Å². The maximum Gasteiger partial charge on any atom is 0.288 e. The highest BCUT2D eigenvalue weighted by molar-refractivity contribution is 6.32. The lowest BCUT2D eigenvalue weighted by Gasteiger charge is -2.08. The van der Waals surface area contributed by atoms with Crippen LogP contribution in [0.5, 0.6) is 0 Å². The lowest BCUT2D eigenvalue weighted by Crippen LogP contribution is -2.00. The van der Waals surface area contributed by atoms with Gasteiger partial charge in [-0.15, -0.1) is 0 Å². The largest absolute Gasteiger partial charge is 0.381 e. The van der Waals surface area contributed by atoms with Gasteiger partial charge in [0.1, 0.15) is 5.02 Å². The van der Waals surface area contributed by atoms with E-state index in [4.69, 9.17) is 11.6 Å². The predicted octanol–water partition coefficient (Wildman–Crippen LogP) is 4.34. The second kappa shape index (κ2) is 5.46. The minimum atomic E-state index is -0.493. The van der Waals surface area contributed by atoms with Crippen LogP contribution in [-0.2, 0) is 6.54 Å². The lowest BCUT2D eigenvalue weighted by atomic mass is 10.1. The van der Waals surface area contributed by atoms with Crippen LogP contribution in [0.2, 0.25) is 5.02 Å². The summed E-state index contributed by atoms with van der Waals surface area (Å²) in [6.07, 6.45) is 1.90. The fourth-order valence-electron chi connectivity index (χ4n) is 2.27. The van der Waals surface area contributed by atoms with E-state index in [0.29, 0.717) is 6.54 Å². The van der Waals surface area contributed by atoms with Gasteiger partial charge in [0.05, 0.1) is 4.92 Å². The van der Waals surface area contributed by atoms with E-state index in [2.05, 4.69) is 10.3 Å². The molecule has 0 saturated carbocycles. The molecule has 0 amide bonds. The third kappa shape index (κ3) is 2.68. The van der Waals surface area contributed by atoms with Gasteiger partial charge in [-0.1, -0.05) is 23.7 Å². The van der Waals surface area contributed by atoms with Crippen LogP contribution in [0.4, 0.5) is 11.4 Å². The molecule has 0 unspecified atom stereocenters. The van der Waals surface area contributed by atoms with E-state index in [1.54, 1.807) is 12.1 Å². The maximum absolute atomic E-state index is 10.7. The highest BCUT2D eigenvalue weighted by Gasteiger charge is 2.12. The Kier molecular flexibility index (Phi) is 3.50. The molecule has 21 heavy (non-hydrogen) atoms. The maximum atomic E-state index is 10.7. The summed E-state index contributed by atoms with van der Waals surface area (Å²) in [5, 5.41) is 15.2. The van der Waals surface area contributed by atoms with Crippen molar-refractivity contribution in [2.24, 2.45) is 0 Å². The average Bonchev–Trinajstić information content (AvgIpc) is 2.93. The Morgan fingerprint density at radius 2 is 2.10 bits per heavy atom. The third-order valence-electron chi connectivity index (χ3n) is 3.31. The first kappa shape index (κ1) is 13.5. The topological polar surface area (TPSA) is 71.0 Å². The fourth-order valence-corrected chi connectivity index (χ4v) is 2.52. The van der Waals surface area contributed by atoms with Crippen LogP contribution in [0.25, 0.3) is 10.9 Å². The molecule has 2 N–H and O–H groups in total. The van der Waals surface area contributed by atoms with Gasteiger partial charge in [0.25, 0.3) is 5.69 Å². The van der Waals surface area contributed by atoms with E-state index in [1.807, 2.05) is 30.5 Å². The van der Waals surface area contributed by atoms with E-state index in [0.717, 1.165) is 22.2 Å². The Morgan fingerprint density at radius 1 is 1.24 bits per heavy atom. The number of aromatic amines is 1. The average molecular weight is 302 g/mol. The predicted molar refractivity (Wildman–Crippen MR) is 83.7 cm³/mol. The SMILES string of the molecule is O=[N+]([O-])c1ccc(NCc2cccc3[nH]ccc23)cc1Cl. The first-order valence-electron chi connectivity index (χ1n) is 6.38. The first-order chi connectivity index (χ1) is 10.1. The molecular weight excluding hydrogens is 290 g/mol. The third-order valence-corrected chi connectivity index (χ3v) is 3.62. The van der Waals surface area contributed by atoms with Crippen LogP contribution in [0.15, 0.2) is 48.7 Å². The zero-order valence-electron chi connectivity index (χ0n) is 11.0. The minimum absolute atomic E-state index is 0.0880. The van der Waals surface area contributed by atoms with Crippen molar-refractivity contribution in [1.29, 1.82) is 0 Å². The molecule has 106 valence electrons. The number of hydrogen-bond acceptors (Lipinski definition) is 3. The number of hydrogen-bond donors (Lipinski definition) is 2. The zero-order valence-corrected chi connectivity index (χ0v) is 11.7. The number of nitrogens with one attached hydrogen (secondary N) is 2. The Balaban J connectivity index is 1.80. The van der Waals surface area contributed by atoms with Crippen molar-refractivity contribution >= 4 is 33.9 Å². The number of anilines is 1. The molecule has 3 rings (SSSR count). The Hall–Kier alpha value is -2.53. The molecule has 3 aromatic rings. The lowest BCUT2D eigenvalue weighted by molar-refractivity contribution is -0.384. The molecule has 5 nitrogen and oxygen atoms in total. The molecular formula is C15H12ClN3O2. The van der Waals surface area contributed by atoms with Gasteiger partial charge in [-0.2, -0.15) is 0 Å². The second-order valence-electron chi connectivity index (χ2n) is 4.63. The van der Waals surface area contributed by atoms with Gasteiger partial charge in [-0.25, -0.2) is 0 Å². The summed E-state index contributed by atoms with van der Waals surface area (Å²) < 4.78 is 0. The number of aromatic nitrogens is 1. The van der Waals surface area contributed by atoms with Gasteiger partial charge in [-0.05, 0) is 29.8 Å². The number of nitro benzene ring substituents is 1. The van der Waals surface area contributed by atoms with Gasteiger partial charge in [0.15, 0.2) is 0 Å². The van der Waals surface area contributed by atoms with E-state index < -0.39 is 4.92 Å². The van der Waals surface area contributed by atoms with E-state index in [1.165, 1.54) is 6.07 Å². The Labute approximate surface area is 125 Å². The van der Waals surface area contributed by atoms with Gasteiger partial charge in [0.2, 0.25) is 0 Å². The van der Waals surface area contributed by atoms with Crippen LogP contribution in [0.3, 0.4) is 0 Å². The van der Waals surface area contributed by atoms with E-state index in [9.17, 15) is 10.1 Å². The number of H-pyrrole nitrogens is 1. The van der Waals surface area contributed by atoms with Crippen molar-refractivity contribution in [3.63, 3.8) is 0 Å². The number of fused-ring (bicyclic) bond motifs is 1. The highest BCUT2D eigenvalue weighted by atomic mass is 35.5. The van der Waals surface area contributed by atoms with Crippen LogP contribution < -0.4 is 5.32 Å². The Bertz CT molecular complexity index is 814. The number of halogens is 1. The van der Waals surface area contributed by atoms with Gasteiger partial charge in [0, 0.05) is 35.4 Å². The van der Waals surface area contributed by atoms with Crippen LogP contribution in [0, 0.1) is 10.1 Å². The zero-order chi connectivity index (χ0) is 14.8. The van der Waals surface area contributed by atoms with Crippen molar-refractivity contribution in [3.05, 3.63) is 69.4 Å². The first-order valence-corrected chi connectivity index (χ1v) is 6.76. The summed E-state index contributed by atoms with van der Waals surface area (Å²) in [4.78, 5) is 13.4. The molecule has 0 atom stereocenters. The summed E-state index contributed by atoms with van der Waals surface area (Å²) in [7, 11) is 0. The fraction of sp³-hybridized carbons (Fsp3) is 0.0667. The molecule has 0 aliphatic rings. The molecule has 0 aliphatic heterocycles. The molecule has 0 spiro atoms. The standard InChI is InChI=1S/C15H12ClN3O2/c16-13-8-11(4-5-15(13)19(20)21)18-9-10-2-1-3-14-12(10)6-7-17-14/h1-8,17-18H,9H2. The quantitative estimate of drug-likeness (QED) is 0.556. The van der Waals surface area contributed by atoms with Crippen molar-refractivity contribution in [3.8, 4) is 0 Å². The summed E-state index contributed by atoms with van der Waals surface area (Å²) in [6.45, 7) is 0.614. The Morgan fingerprint density at radius 3 is 2.86 bits per heavy atom. The summed E-state index contributed by atoms with van der Waals surface area (Å²) in [5.74, 6) is 0. The summed E-state index contributed by atoms with van der Waals surface area (Å²) in [5.41, 5.74) is 2.88. The molecule has 0 saturated heterocycles. The molecule has 2 aromatic carbocycles. The van der Waals surface area contributed by atoms with Crippen molar-refractivity contribution in [2.45, 2.75) is 6.54 Å². The monoisotopic (exact) mass is 301 g/mol. The number of benzene rings is 2. The van der Waals surface area contributed by atoms with Gasteiger partial charge < -0.3 is 10.3 Å². The smallest absolute Gasteiger partial charge is 0.288 e. The minimum Gasteiger partial charge on any atom is -0.381 e. The van der Waals surface area contributed by atoms with Crippen LogP contribution in [-0.4, -0.2) is 9.91 Å². The highest BCUT2D eigenvalue weighted by Crippen LogP contribution is 2.27. The molecule has 1 heterocycles. The van der Waals surface area contributed by atoms with E-state index >= 15 is 0 Å². The molecule has 0 fully saturated rings. The van der Waals surface area contributed by atoms with Crippen molar-refractivity contribution < 1.29 is 4.92 Å². The van der Waals surface area contributed by atoms with Crippen molar-refractivity contribution in [2.75, 3.05) is 5.32 Å². The molecule has 0 radical (unpaired) electrons. The number of rotatable bonds is 4. The number of nitrogens with zero attached hydrogens (tertiary/aromatic N) is 1. The second-order valence-corrected chi connectivity index (χ2v) is 5.04. The molecule has 6 heteroatoms. The van der Waals surface area contributed by atoms with E-state index in [-0.39, 0.29) is 10.7 Å². The molecule has 1 aromatic heterocycles. The summed E-state index contributed by atoms with van der Waals surface area (Å²) in [6, 6.07) is 12.7. The van der Waals surface area contributed by atoms with Crippen molar-refractivity contribution in [1.82, 2.24) is 4.98 Å². The number of nitro groups is 1.